The molecule has 0 bridgehead atoms. The third kappa shape index (κ3) is 3.49. The van der Waals surface area contributed by atoms with Crippen LogP contribution in [-0.4, -0.2) is 28.1 Å². The zero-order chi connectivity index (χ0) is 12.8. The number of nitrogen functional groups attached to an aromatic ring is 1. The summed E-state index contributed by atoms with van der Waals surface area (Å²) >= 11 is 0. The highest BCUT2D eigenvalue weighted by molar-refractivity contribution is 5.30. The Morgan fingerprint density at radius 2 is 2.06 bits per heavy atom. The number of ether oxygens (including phenoxy) is 1. The smallest absolute Gasteiger partial charge is 0.119 e. The van der Waals surface area contributed by atoms with Crippen molar-refractivity contribution in [1.29, 1.82) is 0 Å². The van der Waals surface area contributed by atoms with Crippen molar-refractivity contribution in [2.24, 2.45) is 0 Å². The molecule has 0 spiro atoms. The van der Waals surface area contributed by atoms with Crippen LogP contribution in [0.5, 0.6) is 5.75 Å². The van der Waals surface area contributed by atoms with Crippen molar-refractivity contribution >= 4 is 5.69 Å². The van der Waals surface area contributed by atoms with E-state index in [1.165, 1.54) is 0 Å². The molecule has 0 aliphatic heterocycles. The molecule has 0 saturated heterocycles. The molecule has 2 aromatic rings. The number of hydrogen-bond acceptors (Lipinski definition) is 4. The van der Waals surface area contributed by atoms with Crippen LogP contribution in [-0.2, 0) is 13.0 Å². The van der Waals surface area contributed by atoms with Gasteiger partial charge in [-0.2, -0.15) is 5.10 Å². The van der Waals surface area contributed by atoms with Crippen LogP contribution < -0.4 is 10.5 Å². The zero-order valence-corrected chi connectivity index (χ0v) is 10.1. The molecule has 1 aromatic carbocycles. The predicted octanol–water partition coefficient (Wildman–Crippen LogP) is 1.08. The summed E-state index contributed by atoms with van der Waals surface area (Å²) < 4.78 is 7.33. The number of aliphatic hydroxyl groups is 1. The molecule has 0 radical (unpaired) electrons. The lowest BCUT2D eigenvalue weighted by Gasteiger charge is -2.07. The van der Waals surface area contributed by atoms with E-state index in [2.05, 4.69) is 5.10 Å². The molecule has 0 atom stereocenters. The minimum absolute atomic E-state index is 0.168. The van der Waals surface area contributed by atoms with Crippen molar-refractivity contribution in [3.63, 3.8) is 0 Å². The minimum Gasteiger partial charge on any atom is -0.492 e. The van der Waals surface area contributed by atoms with Crippen molar-refractivity contribution < 1.29 is 9.84 Å². The second-order valence-electron chi connectivity index (χ2n) is 4.00. The molecule has 0 aliphatic carbocycles. The Labute approximate surface area is 106 Å². The lowest BCUT2D eigenvalue weighted by atomic mass is 10.1. The number of hydrogen-bond donors (Lipinski definition) is 2. The SMILES string of the molecule is Nc1cnn(CCOc2ccc(CCO)cc2)c1. The van der Waals surface area contributed by atoms with Crippen molar-refractivity contribution in [3.05, 3.63) is 42.2 Å². The first kappa shape index (κ1) is 12.4. The first-order chi connectivity index (χ1) is 8.78. The van der Waals surface area contributed by atoms with Gasteiger partial charge in [0.25, 0.3) is 0 Å². The van der Waals surface area contributed by atoms with E-state index in [9.17, 15) is 0 Å². The second-order valence-corrected chi connectivity index (χ2v) is 4.00. The minimum atomic E-state index is 0.168. The molecule has 18 heavy (non-hydrogen) atoms. The van der Waals surface area contributed by atoms with Crippen molar-refractivity contribution in [2.75, 3.05) is 18.9 Å². The third-order valence-corrected chi connectivity index (χ3v) is 2.57. The molecular formula is C13H17N3O2. The topological polar surface area (TPSA) is 73.3 Å². The second kappa shape index (κ2) is 6.07. The Morgan fingerprint density at radius 3 is 2.67 bits per heavy atom. The first-order valence-corrected chi connectivity index (χ1v) is 5.88. The fourth-order valence-electron chi connectivity index (χ4n) is 1.64. The largest absolute Gasteiger partial charge is 0.492 e. The molecule has 0 aliphatic rings. The van der Waals surface area contributed by atoms with Crippen LogP contribution in [0, 0.1) is 0 Å². The number of nitrogens with zero attached hydrogens (tertiary/aromatic N) is 2. The third-order valence-electron chi connectivity index (χ3n) is 2.57. The van der Waals surface area contributed by atoms with Crippen molar-refractivity contribution in [1.82, 2.24) is 9.78 Å². The number of benzene rings is 1. The van der Waals surface area contributed by atoms with Crippen LogP contribution >= 0.6 is 0 Å². The summed E-state index contributed by atoms with van der Waals surface area (Å²) in [5.41, 5.74) is 7.32. The summed E-state index contributed by atoms with van der Waals surface area (Å²) in [5.74, 6) is 0.816. The predicted molar refractivity (Wildman–Crippen MR) is 69.4 cm³/mol. The molecule has 2 rings (SSSR count). The molecule has 3 N–H and O–H groups in total. The van der Waals surface area contributed by atoms with E-state index < -0.39 is 0 Å². The van der Waals surface area contributed by atoms with Crippen LogP contribution in [0.3, 0.4) is 0 Å². The van der Waals surface area contributed by atoms with E-state index in [1.54, 1.807) is 17.1 Å². The van der Waals surface area contributed by atoms with Gasteiger partial charge in [0, 0.05) is 12.8 Å². The van der Waals surface area contributed by atoms with Gasteiger partial charge in [-0.25, -0.2) is 0 Å². The van der Waals surface area contributed by atoms with Crippen LogP contribution in [0.4, 0.5) is 5.69 Å². The molecule has 5 nitrogen and oxygen atoms in total. The Balaban J connectivity index is 1.79. The van der Waals surface area contributed by atoms with Gasteiger partial charge in [-0.15, -0.1) is 0 Å². The lowest BCUT2D eigenvalue weighted by molar-refractivity contribution is 0.290. The summed E-state index contributed by atoms with van der Waals surface area (Å²) in [6.45, 7) is 1.37. The van der Waals surface area contributed by atoms with Gasteiger partial charge >= 0.3 is 0 Å². The zero-order valence-electron chi connectivity index (χ0n) is 10.1. The molecule has 96 valence electrons. The van der Waals surface area contributed by atoms with Gasteiger partial charge in [-0.1, -0.05) is 12.1 Å². The molecule has 0 amide bonds. The van der Waals surface area contributed by atoms with Crippen LogP contribution in [0.1, 0.15) is 5.56 Å². The van der Waals surface area contributed by atoms with Crippen LogP contribution in [0.15, 0.2) is 36.7 Å². The van der Waals surface area contributed by atoms with Gasteiger partial charge in [0.1, 0.15) is 12.4 Å². The van der Waals surface area contributed by atoms with E-state index >= 15 is 0 Å². The monoisotopic (exact) mass is 247 g/mol. The maximum absolute atomic E-state index is 8.81. The Kier molecular flexibility index (Phi) is 4.20. The summed E-state index contributed by atoms with van der Waals surface area (Å²) in [5, 5.41) is 12.9. The fourth-order valence-corrected chi connectivity index (χ4v) is 1.64. The van der Waals surface area contributed by atoms with Gasteiger partial charge < -0.3 is 15.6 Å². The van der Waals surface area contributed by atoms with Crippen LogP contribution in [0.2, 0.25) is 0 Å². The highest BCUT2D eigenvalue weighted by Gasteiger charge is 1.97. The van der Waals surface area contributed by atoms with Crippen LogP contribution in [0.25, 0.3) is 0 Å². The number of anilines is 1. The van der Waals surface area contributed by atoms with Crippen molar-refractivity contribution in [2.45, 2.75) is 13.0 Å². The van der Waals surface area contributed by atoms with Gasteiger partial charge in [-0.3, -0.25) is 4.68 Å². The normalized spacial score (nSPS) is 10.5. The van der Waals surface area contributed by atoms with Gasteiger partial charge in [0.2, 0.25) is 0 Å². The van der Waals surface area contributed by atoms with E-state index in [0.717, 1.165) is 11.3 Å². The number of aliphatic hydroxyl groups excluding tert-OH is 1. The van der Waals surface area contributed by atoms with E-state index in [0.29, 0.717) is 25.3 Å². The van der Waals surface area contributed by atoms with E-state index in [4.69, 9.17) is 15.6 Å². The Hall–Kier alpha value is -2.01. The Bertz CT molecular complexity index is 479. The Morgan fingerprint density at radius 1 is 1.28 bits per heavy atom. The van der Waals surface area contributed by atoms with Crippen molar-refractivity contribution in [3.8, 4) is 5.75 Å². The number of rotatable bonds is 6. The molecule has 5 heteroatoms. The van der Waals surface area contributed by atoms with Gasteiger partial charge in [-0.05, 0) is 24.1 Å². The van der Waals surface area contributed by atoms with E-state index in [-0.39, 0.29) is 6.61 Å². The molecule has 1 aromatic heterocycles. The fraction of sp³-hybridized carbons (Fsp3) is 0.308. The number of nitrogens with two attached hydrogens (primary N) is 1. The molecule has 1 heterocycles. The maximum Gasteiger partial charge on any atom is 0.119 e. The maximum atomic E-state index is 8.81. The number of aromatic nitrogens is 2. The summed E-state index contributed by atoms with van der Waals surface area (Å²) in [7, 11) is 0. The van der Waals surface area contributed by atoms with E-state index in [1.807, 2.05) is 24.3 Å². The quantitative estimate of drug-likeness (QED) is 0.801. The lowest BCUT2D eigenvalue weighted by Crippen LogP contribution is -2.08. The average molecular weight is 247 g/mol. The molecule has 0 saturated carbocycles. The van der Waals surface area contributed by atoms with Gasteiger partial charge in [0.15, 0.2) is 0 Å². The first-order valence-electron chi connectivity index (χ1n) is 5.88. The molecule has 0 unspecified atom stereocenters. The molecule has 0 fully saturated rings. The van der Waals surface area contributed by atoms with Gasteiger partial charge in [0.05, 0.1) is 18.4 Å². The highest BCUT2D eigenvalue weighted by Crippen LogP contribution is 2.12. The average Bonchev–Trinajstić information content (AvgIpc) is 2.78. The summed E-state index contributed by atoms with van der Waals surface area (Å²) in [6.07, 6.45) is 4.06. The summed E-state index contributed by atoms with van der Waals surface area (Å²) in [6, 6.07) is 7.72. The summed E-state index contributed by atoms with van der Waals surface area (Å²) in [4.78, 5) is 0. The highest BCUT2D eigenvalue weighted by atomic mass is 16.5. The molecular weight excluding hydrogens is 230 g/mol. The standard InChI is InChI=1S/C13H17N3O2/c14-12-9-15-16(10-12)6-8-18-13-3-1-11(2-4-13)5-7-17/h1-4,9-10,17H,5-8,14H2.